The summed E-state index contributed by atoms with van der Waals surface area (Å²) < 4.78 is 0. The second kappa shape index (κ2) is 10.2. The fraction of sp³-hybridized carbons (Fsp3) is 0.467. The third-order valence-corrected chi connectivity index (χ3v) is 3.14. The Morgan fingerprint density at radius 1 is 1.10 bits per heavy atom. The summed E-state index contributed by atoms with van der Waals surface area (Å²) in [7, 11) is 0. The molecule has 0 unspecified atom stereocenters. The van der Waals surface area contributed by atoms with E-state index in [2.05, 4.69) is 10.6 Å². The lowest BCUT2D eigenvalue weighted by Crippen LogP contribution is -2.37. The van der Waals surface area contributed by atoms with Gasteiger partial charge in [-0.3, -0.25) is 9.59 Å². The van der Waals surface area contributed by atoms with Crippen LogP contribution in [0.1, 0.15) is 36.0 Å². The van der Waals surface area contributed by atoms with Crippen LogP contribution >= 0.6 is 11.6 Å². The van der Waals surface area contributed by atoms with E-state index < -0.39 is 0 Å². The fourth-order valence-corrected chi connectivity index (χ4v) is 1.96. The van der Waals surface area contributed by atoms with Gasteiger partial charge in [0.1, 0.15) is 0 Å². The molecule has 6 heteroatoms. The number of rotatable bonds is 9. The van der Waals surface area contributed by atoms with Gasteiger partial charge < -0.3 is 15.7 Å². The first kappa shape index (κ1) is 17.5. The van der Waals surface area contributed by atoms with Crippen LogP contribution in [0.15, 0.2) is 24.3 Å². The van der Waals surface area contributed by atoms with Crippen molar-refractivity contribution >= 4 is 23.4 Å². The van der Waals surface area contributed by atoms with Gasteiger partial charge in [-0.1, -0.05) is 30.5 Å². The topological polar surface area (TPSA) is 78.4 Å². The number of benzene rings is 1. The predicted molar refractivity (Wildman–Crippen MR) is 82.3 cm³/mol. The van der Waals surface area contributed by atoms with Gasteiger partial charge in [0.2, 0.25) is 5.91 Å². The van der Waals surface area contributed by atoms with E-state index in [1.165, 1.54) is 0 Å². The Balaban J connectivity index is 2.16. The van der Waals surface area contributed by atoms with Crippen molar-refractivity contribution in [2.24, 2.45) is 0 Å². The summed E-state index contributed by atoms with van der Waals surface area (Å²) in [4.78, 5) is 23.3. The third-order valence-electron chi connectivity index (χ3n) is 2.90. The summed E-state index contributed by atoms with van der Waals surface area (Å²) in [5.74, 6) is -0.539. The zero-order valence-electron chi connectivity index (χ0n) is 11.9. The second-order valence-corrected chi connectivity index (χ2v) is 5.12. The molecule has 0 bridgehead atoms. The molecule has 0 heterocycles. The number of amides is 2. The minimum absolute atomic E-state index is 0.0536. The standard InChI is InChI=1S/C15H21ClN2O3/c16-13-7-5-6-12(10-13)15(21)18-11-14(20)17-8-3-1-2-4-9-19/h5-7,10,19H,1-4,8-9,11H2,(H,17,20)(H,18,21). The first-order chi connectivity index (χ1) is 10.1. The summed E-state index contributed by atoms with van der Waals surface area (Å²) in [5.41, 5.74) is 0.430. The van der Waals surface area contributed by atoms with E-state index in [1.54, 1.807) is 24.3 Å². The van der Waals surface area contributed by atoms with Crippen molar-refractivity contribution in [3.63, 3.8) is 0 Å². The third kappa shape index (κ3) is 7.68. The highest BCUT2D eigenvalue weighted by atomic mass is 35.5. The van der Waals surface area contributed by atoms with Gasteiger partial charge in [0.25, 0.3) is 5.91 Å². The van der Waals surface area contributed by atoms with Gasteiger partial charge in [-0.05, 0) is 31.0 Å². The molecule has 21 heavy (non-hydrogen) atoms. The summed E-state index contributed by atoms with van der Waals surface area (Å²) in [6, 6.07) is 6.56. The molecule has 1 rings (SSSR count). The number of halogens is 1. The van der Waals surface area contributed by atoms with Crippen molar-refractivity contribution in [1.82, 2.24) is 10.6 Å². The molecular weight excluding hydrogens is 292 g/mol. The van der Waals surface area contributed by atoms with Crippen molar-refractivity contribution in [1.29, 1.82) is 0 Å². The number of hydrogen-bond acceptors (Lipinski definition) is 3. The lowest BCUT2D eigenvalue weighted by atomic mass is 10.2. The molecule has 0 aliphatic heterocycles. The highest BCUT2D eigenvalue weighted by Crippen LogP contribution is 2.10. The lowest BCUT2D eigenvalue weighted by molar-refractivity contribution is -0.120. The average molecular weight is 313 g/mol. The number of aliphatic hydroxyl groups is 1. The minimum Gasteiger partial charge on any atom is -0.396 e. The predicted octanol–water partition coefficient (Wildman–Crippen LogP) is 1.74. The molecule has 0 radical (unpaired) electrons. The van der Waals surface area contributed by atoms with E-state index in [0.717, 1.165) is 25.7 Å². The Morgan fingerprint density at radius 2 is 1.86 bits per heavy atom. The van der Waals surface area contributed by atoms with E-state index in [1.807, 2.05) is 0 Å². The molecule has 0 aromatic heterocycles. The van der Waals surface area contributed by atoms with Gasteiger partial charge in [0, 0.05) is 23.7 Å². The van der Waals surface area contributed by atoms with Crippen LogP contribution in [0.3, 0.4) is 0 Å². The molecule has 2 amide bonds. The summed E-state index contributed by atoms with van der Waals surface area (Å²) in [6.07, 6.45) is 3.59. The molecule has 0 fully saturated rings. The molecule has 5 nitrogen and oxygen atoms in total. The van der Waals surface area contributed by atoms with Gasteiger partial charge in [-0.2, -0.15) is 0 Å². The van der Waals surface area contributed by atoms with Crippen molar-refractivity contribution in [3.8, 4) is 0 Å². The van der Waals surface area contributed by atoms with Crippen molar-refractivity contribution in [2.75, 3.05) is 19.7 Å². The molecule has 0 spiro atoms. The number of unbranched alkanes of at least 4 members (excludes halogenated alkanes) is 3. The van der Waals surface area contributed by atoms with Crippen LogP contribution < -0.4 is 10.6 Å². The number of carbonyl (C=O) groups excluding carboxylic acids is 2. The van der Waals surface area contributed by atoms with E-state index in [9.17, 15) is 9.59 Å². The normalized spacial score (nSPS) is 10.2. The quantitative estimate of drug-likeness (QED) is 0.608. The first-order valence-corrected chi connectivity index (χ1v) is 7.42. The maximum absolute atomic E-state index is 11.8. The highest BCUT2D eigenvalue weighted by molar-refractivity contribution is 6.30. The van der Waals surface area contributed by atoms with Crippen molar-refractivity contribution < 1.29 is 14.7 Å². The summed E-state index contributed by atoms with van der Waals surface area (Å²) in [6.45, 7) is 0.737. The van der Waals surface area contributed by atoms with E-state index in [4.69, 9.17) is 16.7 Å². The Labute approximate surface area is 129 Å². The first-order valence-electron chi connectivity index (χ1n) is 7.05. The van der Waals surface area contributed by atoms with Gasteiger partial charge in [0.05, 0.1) is 6.54 Å². The summed E-state index contributed by atoms with van der Waals surface area (Å²) in [5, 5.41) is 14.4. The van der Waals surface area contributed by atoms with Crippen LogP contribution in [0.5, 0.6) is 0 Å². The number of carbonyl (C=O) groups is 2. The molecule has 1 aromatic carbocycles. The average Bonchev–Trinajstić information content (AvgIpc) is 2.48. The maximum atomic E-state index is 11.8. The fourth-order valence-electron chi connectivity index (χ4n) is 1.77. The Morgan fingerprint density at radius 3 is 2.57 bits per heavy atom. The molecular formula is C15H21ClN2O3. The van der Waals surface area contributed by atoms with E-state index in [0.29, 0.717) is 17.1 Å². The zero-order valence-corrected chi connectivity index (χ0v) is 12.7. The Bertz CT molecular complexity index is 466. The van der Waals surface area contributed by atoms with Gasteiger partial charge in [0.15, 0.2) is 0 Å². The molecule has 3 N–H and O–H groups in total. The Kier molecular flexibility index (Phi) is 8.47. The number of nitrogens with one attached hydrogen (secondary N) is 2. The molecule has 0 saturated carbocycles. The van der Waals surface area contributed by atoms with E-state index >= 15 is 0 Å². The van der Waals surface area contributed by atoms with Crippen LogP contribution in [0.25, 0.3) is 0 Å². The van der Waals surface area contributed by atoms with Crippen LogP contribution in [0.4, 0.5) is 0 Å². The zero-order chi connectivity index (χ0) is 15.5. The molecule has 0 aliphatic carbocycles. The van der Waals surface area contributed by atoms with Crippen molar-refractivity contribution in [3.05, 3.63) is 34.9 Å². The lowest BCUT2D eigenvalue weighted by Gasteiger charge is -2.07. The van der Waals surface area contributed by atoms with Crippen LogP contribution in [0, 0.1) is 0 Å². The van der Waals surface area contributed by atoms with Crippen molar-refractivity contribution in [2.45, 2.75) is 25.7 Å². The molecule has 0 saturated heterocycles. The largest absolute Gasteiger partial charge is 0.396 e. The minimum atomic E-state index is -0.324. The van der Waals surface area contributed by atoms with Crippen LogP contribution in [0.2, 0.25) is 5.02 Å². The second-order valence-electron chi connectivity index (χ2n) is 4.68. The molecule has 0 atom stereocenters. The molecule has 1 aromatic rings. The monoisotopic (exact) mass is 312 g/mol. The summed E-state index contributed by atoms with van der Waals surface area (Å²) >= 11 is 5.80. The molecule has 0 aliphatic rings. The van der Waals surface area contributed by atoms with Gasteiger partial charge in [-0.15, -0.1) is 0 Å². The smallest absolute Gasteiger partial charge is 0.251 e. The highest BCUT2D eigenvalue weighted by Gasteiger charge is 2.07. The number of aliphatic hydroxyl groups excluding tert-OH is 1. The van der Waals surface area contributed by atoms with E-state index in [-0.39, 0.29) is 25.0 Å². The van der Waals surface area contributed by atoms with Crippen LogP contribution in [-0.4, -0.2) is 36.6 Å². The maximum Gasteiger partial charge on any atom is 0.251 e. The van der Waals surface area contributed by atoms with Crippen LogP contribution in [-0.2, 0) is 4.79 Å². The Hall–Kier alpha value is -1.59. The van der Waals surface area contributed by atoms with Gasteiger partial charge in [-0.25, -0.2) is 0 Å². The molecule has 116 valence electrons. The number of hydrogen-bond donors (Lipinski definition) is 3. The van der Waals surface area contributed by atoms with Gasteiger partial charge >= 0.3 is 0 Å². The SMILES string of the molecule is O=C(CNC(=O)c1cccc(Cl)c1)NCCCCCCO.